The van der Waals surface area contributed by atoms with Crippen LogP contribution >= 0.6 is 0 Å². The molecule has 1 saturated heterocycles. The average Bonchev–Trinajstić information content (AvgIpc) is 2.98. The Balaban J connectivity index is 1.99. The maximum Gasteiger partial charge on any atom is 0.331 e. The molecule has 1 amide bonds. The van der Waals surface area contributed by atoms with E-state index in [2.05, 4.69) is 5.32 Å². The molecule has 1 heterocycles. The van der Waals surface area contributed by atoms with E-state index in [1.807, 2.05) is 0 Å². The van der Waals surface area contributed by atoms with Crippen molar-refractivity contribution in [2.45, 2.75) is 42.9 Å². The van der Waals surface area contributed by atoms with Crippen LogP contribution in [0.4, 0.5) is 0 Å². The molecule has 0 bridgehead atoms. The molecule has 0 radical (unpaired) electrons. The number of hydrogen-bond acceptors (Lipinski definition) is 5. The minimum Gasteiger partial charge on any atom is -0.479 e. The van der Waals surface area contributed by atoms with Crippen LogP contribution in [-0.4, -0.2) is 55.2 Å². The first-order chi connectivity index (χ1) is 9.36. The Hall–Kier alpha value is -1.15. The number of aliphatic carboxylic acids is 1. The van der Waals surface area contributed by atoms with Gasteiger partial charge in [-0.2, -0.15) is 0 Å². The van der Waals surface area contributed by atoms with Crippen LogP contribution in [0, 0.1) is 0 Å². The van der Waals surface area contributed by atoms with Gasteiger partial charge in [0.2, 0.25) is 5.91 Å². The normalized spacial score (nSPS) is 27.6. The molecule has 2 rings (SSSR count). The number of ether oxygens (including phenoxy) is 1. The second-order valence-corrected chi connectivity index (χ2v) is 7.73. The van der Waals surface area contributed by atoms with Crippen LogP contribution in [0.25, 0.3) is 0 Å². The fourth-order valence-electron chi connectivity index (χ4n) is 2.74. The summed E-state index contributed by atoms with van der Waals surface area (Å²) in [6.45, 7) is 0.111. The lowest BCUT2D eigenvalue weighted by Gasteiger charge is -2.24. The molecule has 1 aliphatic carbocycles. The molecule has 1 saturated carbocycles. The number of sulfone groups is 1. The van der Waals surface area contributed by atoms with Crippen LogP contribution in [0.1, 0.15) is 32.1 Å². The van der Waals surface area contributed by atoms with Crippen LogP contribution < -0.4 is 5.32 Å². The Kier molecular flexibility index (Phi) is 4.33. The van der Waals surface area contributed by atoms with Gasteiger partial charge in [-0.3, -0.25) is 4.79 Å². The Morgan fingerprint density at radius 2 is 1.95 bits per heavy atom. The summed E-state index contributed by atoms with van der Waals surface area (Å²) >= 11 is 0. The van der Waals surface area contributed by atoms with Crippen molar-refractivity contribution in [3.05, 3.63) is 0 Å². The van der Waals surface area contributed by atoms with Gasteiger partial charge < -0.3 is 15.2 Å². The lowest BCUT2D eigenvalue weighted by molar-refractivity contribution is -0.147. The van der Waals surface area contributed by atoms with Gasteiger partial charge in [0.25, 0.3) is 0 Å². The van der Waals surface area contributed by atoms with Gasteiger partial charge in [-0.05, 0) is 12.8 Å². The van der Waals surface area contributed by atoms with Gasteiger partial charge in [-0.1, -0.05) is 12.8 Å². The summed E-state index contributed by atoms with van der Waals surface area (Å²) < 4.78 is 29.1. The number of nitrogens with one attached hydrogen (secondary N) is 1. The van der Waals surface area contributed by atoms with E-state index in [1.165, 1.54) is 0 Å². The molecule has 2 N–H and O–H groups in total. The predicted molar refractivity (Wildman–Crippen MR) is 70.0 cm³/mol. The molecule has 1 atom stereocenters. The van der Waals surface area contributed by atoms with Gasteiger partial charge >= 0.3 is 5.97 Å². The molecule has 0 aromatic rings. The average molecular weight is 305 g/mol. The van der Waals surface area contributed by atoms with Crippen LogP contribution in [0.3, 0.4) is 0 Å². The zero-order valence-corrected chi connectivity index (χ0v) is 11.9. The number of amides is 1. The lowest BCUT2D eigenvalue weighted by Crippen LogP contribution is -2.56. The second kappa shape index (κ2) is 5.69. The highest BCUT2D eigenvalue weighted by molar-refractivity contribution is 7.92. The van der Waals surface area contributed by atoms with E-state index in [1.54, 1.807) is 0 Å². The molecule has 1 aliphatic heterocycles. The standard InChI is InChI=1S/C12H19NO6S/c14-10(7-20(17,18)9-3-1-2-4-9)13-12(11(15)16)5-6-19-8-12/h9H,1-8H2,(H,13,14)(H,15,16). The molecule has 8 heteroatoms. The summed E-state index contributed by atoms with van der Waals surface area (Å²) in [5, 5.41) is 11.0. The smallest absolute Gasteiger partial charge is 0.331 e. The van der Waals surface area contributed by atoms with E-state index in [0.717, 1.165) is 12.8 Å². The van der Waals surface area contributed by atoms with Gasteiger partial charge in [-0.15, -0.1) is 0 Å². The zero-order chi connectivity index (χ0) is 14.8. The largest absolute Gasteiger partial charge is 0.479 e. The highest BCUT2D eigenvalue weighted by Gasteiger charge is 2.44. The van der Waals surface area contributed by atoms with Gasteiger partial charge in [0.1, 0.15) is 5.75 Å². The minimum atomic E-state index is -3.50. The highest BCUT2D eigenvalue weighted by atomic mass is 32.2. The molecule has 0 aromatic carbocycles. The highest BCUT2D eigenvalue weighted by Crippen LogP contribution is 2.25. The third kappa shape index (κ3) is 3.12. The zero-order valence-electron chi connectivity index (χ0n) is 11.1. The fraction of sp³-hybridized carbons (Fsp3) is 0.833. The Morgan fingerprint density at radius 1 is 1.30 bits per heavy atom. The van der Waals surface area contributed by atoms with Crippen molar-refractivity contribution in [3.8, 4) is 0 Å². The van der Waals surface area contributed by atoms with Gasteiger partial charge in [-0.25, -0.2) is 13.2 Å². The third-order valence-corrected chi connectivity index (χ3v) is 6.10. The number of carboxylic acids is 1. The van der Waals surface area contributed by atoms with E-state index < -0.39 is 38.3 Å². The Bertz CT molecular complexity index is 488. The van der Waals surface area contributed by atoms with Crippen LogP contribution in [0.5, 0.6) is 0 Å². The fourth-order valence-corrected chi connectivity index (χ4v) is 4.46. The molecule has 7 nitrogen and oxygen atoms in total. The number of rotatable bonds is 5. The van der Waals surface area contributed by atoms with Crippen molar-refractivity contribution in [2.24, 2.45) is 0 Å². The summed E-state index contributed by atoms with van der Waals surface area (Å²) in [6.07, 6.45) is 3.04. The SMILES string of the molecule is O=C(CS(=O)(=O)C1CCCC1)NC1(C(=O)O)CCOC1. The molecule has 2 aliphatic rings. The third-order valence-electron chi connectivity index (χ3n) is 3.95. The molecular formula is C12H19NO6S. The molecule has 0 aromatic heterocycles. The Morgan fingerprint density at radius 3 is 2.45 bits per heavy atom. The van der Waals surface area contributed by atoms with E-state index in [9.17, 15) is 23.1 Å². The van der Waals surface area contributed by atoms with Gasteiger partial charge in [0.15, 0.2) is 15.4 Å². The molecular weight excluding hydrogens is 286 g/mol. The van der Waals surface area contributed by atoms with E-state index in [-0.39, 0.29) is 19.6 Å². The van der Waals surface area contributed by atoms with Gasteiger partial charge in [0, 0.05) is 13.0 Å². The Labute approximate surface area is 117 Å². The monoisotopic (exact) mass is 305 g/mol. The summed E-state index contributed by atoms with van der Waals surface area (Å²) in [7, 11) is -3.50. The minimum absolute atomic E-state index is 0.127. The first-order valence-electron chi connectivity index (χ1n) is 6.69. The van der Waals surface area contributed by atoms with E-state index in [4.69, 9.17) is 4.74 Å². The predicted octanol–water partition coefficient (Wildman–Crippen LogP) is -0.296. The first kappa shape index (κ1) is 15.2. The number of hydrogen-bond donors (Lipinski definition) is 2. The number of carbonyl (C=O) groups is 2. The van der Waals surface area contributed by atoms with Crippen molar-refractivity contribution in [1.82, 2.24) is 5.32 Å². The molecule has 0 spiro atoms. The van der Waals surface area contributed by atoms with Crippen LogP contribution in [0.2, 0.25) is 0 Å². The van der Waals surface area contributed by atoms with Crippen molar-refractivity contribution in [2.75, 3.05) is 19.0 Å². The summed E-state index contributed by atoms with van der Waals surface area (Å²) in [5.41, 5.74) is -1.48. The maximum atomic E-state index is 12.1. The van der Waals surface area contributed by atoms with Crippen LogP contribution in [0.15, 0.2) is 0 Å². The number of carboxylic acid groups (broad SMARTS) is 1. The number of carbonyl (C=O) groups excluding carboxylic acids is 1. The maximum absolute atomic E-state index is 12.1. The first-order valence-corrected chi connectivity index (χ1v) is 8.41. The van der Waals surface area contributed by atoms with E-state index >= 15 is 0 Å². The summed E-state index contributed by atoms with van der Waals surface area (Å²) in [5.74, 6) is -2.60. The quantitative estimate of drug-likeness (QED) is 0.722. The summed E-state index contributed by atoms with van der Waals surface area (Å²) in [4.78, 5) is 23.1. The van der Waals surface area contributed by atoms with Crippen molar-refractivity contribution < 1.29 is 27.9 Å². The summed E-state index contributed by atoms with van der Waals surface area (Å²) in [6, 6.07) is 0. The molecule has 114 valence electrons. The van der Waals surface area contributed by atoms with Crippen LogP contribution in [-0.2, 0) is 24.2 Å². The topological polar surface area (TPSA) is 110 Å². The second-order valence-electron chi connectivity index (χ2n) is 5.45. The van der Waals surface area contributed by atoms with Crippen molar-refractivity contribution in [3.63, 3.8) is 0 Å². The molecule has 1 unspecified atom stereocenters. The van der Waals surface area contributed by atoms with Gasteiger partial charge in [0.05, 0.1) is 11.9 Å². The molecule has 20 heavy (non-hydrogen) atoms. The molecule has 2 fully saturated rings. The van der Waals surface area contributed by atoms with Crippen molar-refractivity contribution >= 4 is 21.7 Å². The van der Waals surface area contributed by atoms with E-state index in [0.29, 0.717) is 12.8 Å². The van der Waals surface area contributed by atoms with Crippen molar-refractivity contribution in [1.29, 1.82) is 0 Å². The lowest BCUT2D eigenvalue weighted by atomic mass is 9.99.